The summed E-state index contributed by atoms with van der Waals surface area (Å²) in [5.41, 5.74) is 3.96. The number of anilines is 2. The van der Waals surface area contributed by atoms with Gasteiger partial charge in [0.25, 0.3) is 5.56 Å². The van der Waals surface area contributed by atoms with Crippen molar-refractivity contribution < 1.29 is 4.39 Å². The largest absolute Gasteiger partial charge is 0.325 e. The fourth-order valence-corrected chi connectivity index (χ4v) is 4.33. The number of thiazole rings is 1. The van der Waals surface area contributed by atoms with Crippen LogP contribution in [-0.4, -0.2) is 14.5 Å². The lowest BCUT2D eigenvalue weighted by atomic mass is 10.2. The van der Waals surface area contributed by atoms with Gasteiger partial charge >= 0.3 is 0 Å². The van der Waals surface area contributed by atoms with E-state index in [0.29, 0.717) is 24.5 Å². The van der Waals surface area contributed by atoms with E-state index in [1.165, 1.54) is 6.07 Å². The van der Waals surface area contributed by atoms with E-state index in [1.807, 2.05) is 37.5 Å². The van der Waals surface area contributed by atoms with Gasteiger partial charge in [-0.15, -0.1) is 11.3 Å². The van der Waals surface area contributed by atoms with Crippen LogP contribution in [0.2, 0.25) is 5.02 Å². The summed E-state index contributed by atoms with van der Waals surface area (Å²) in [6.07, 6.45) is 2.36. The Hall–Kier alpha value is -2.77. The normalized spacial score (nSPS) is 11.2. The molecule has 0 bridgehead atoms. The highest BCUT2D eigenvalue weighted by atomic mass is 35.5. The standard InChI is InChI=1S/C22H20ClFN4OS/c1-4-15-11-28(10-14-5-6-17(24)16(23)8-14)22(27-21(15)29)26-18-9-20-19(7-12(18)2)25-13(3)30-20/h5-9,11H,4,10H2,1-3H3,(H,26,27,29). The minimum atomic E-state index is -0.463. The molecule has 4 aromatic rings. The zero-order chi connectivity index (χ0) is 21.4. The van der Waals surface area contributed by atoms with Crippen molar-refractivity contribution in [3.05, 3.63) is 79.4 Å². The smallest absolute Gasteiger partial charge is 0.277 e. The molecule has 30 heavy (non-hydrogen) atoms. The maximum atomic E-state index is 13.5. The summed E-state index contributed by atoms with van der Waals surface area (Å²) in [6, 6.07) is 8.64. The predicted octanol–water partition coefficient (Wildman–Crippen LogP) is 5.62. The number of nitrogens with zero attached hydrogens (tertiary/aromatic N) is 3. The zero-order valence-corrected chi connectivity index (χ0v) is 18.4. The number of halogens is 2. The van der Waals surface area contributed by atoms with Crippen molar-refractivity contribution in [1.29, 1.82) is 0 Å². The molecule has 0 saturated carbocycles. The van der Waals surface area contributed by atoms with Crippen molar-refractivity contribution in [2.45, 2.75) is 33.7 Å². The molecule has 5 nitrogen and oxygen atoms in total. The van der Waals surface area contributed by atoms with Crippen LogP contribution < -0.4 is 10.9 Å². The lowest BCUT2D eigenvalue weighted by molar-refractivity contribution is 0.626. The average Bonchev–Trinajstić information content (AvgIpc) is 3.05. The number of rotatable bonds is 5. The maximum absolute atomic E-state index is 13.5. The van der Waals surface area contributed by atoms with Crippen LogP contribution in [0.15, 0.2) is 41.3 Å². The van der Waals surface area contributed by atoms with Gasteiger partial charge in [0.2, 0.25) is 5.95 Å². The molecule has 154 valence electrons. The number of nitrogens with one attached hydrogen (secondary N) is 1. The monoisotopic (exact) mass is 442 g/mol. The highest BCUT2D eigenvalue weighted by Gasteiger charge is 2.12. The first kappa shape index (κ1) is 20.5. The van der Waals surface area contributed by atoms with Crippen molar-refractivity contribution in [1.82, 2.24) is 14.5 Å². The first-order chi connectivity index (χ1) is 14.3. The van der Waals surface area contributed by atoms with Crippen LogP contribution in [-0.2, 0) is 13.0 Å². The van der Waals surface area contributed by atoms with E-state index < -0.39 is 5.82 Å². The molecular weight excluding hydrogens is 423 g/mol. The van der Waals surface area contributed by atoms with Crippen molar-refractivity contribution in [2.75, 3.05) is 5.32 Å². The highest BCUT2D eigenvalue weighted by molar-refractivity contribution is 7.18. The van der Waals surface area contributed by atoms with E-state index in [-0.39, 0.29) is 10.6 Å². The van der Waals surface area contributed by atoms with Crippen LogP contribution in [0.4, 0.5) is 16.0 Å². The number of hydrogen-bond acceptors (Lipinski definition) is 5. The molecule has 0 unspecified atom stereocenters. The van der Waals surface area contributed by atoms with Gasteiger partial charge in [-0.25, -0.2) is 9.37 Å². The molecule has 2 aromatic carbocycles. The Morgan fingerprint density at radius 3 is 2.73 bits per heavy atom. The number of hydrogen-bond donors (Lipinski definition) is 1. The van der Waals surface area contributed by atoms with E-state index in [1.54, 1.807) is 29.7 Å². The van der Waals surface area contributed by atoms with Crippen molar-refractivity contribution >= 4 is 44.8 Å². The van der Waals surface area contributed by atoms with Crippen LogP contribution in [0.3, 0.4) is 0 Å². The van der Waals surface area contributed by atoms with Gasteiger partial charge < -0.3 is 9.88 Å². The Bertz CT molecular complexity index is 1310. The maximum Gasteiger partial charge on any atom is 0.277 e. The van der Waals surface area contributed by atoms with Crippen LogP contribution in [0.25, 0.3) is 10.2 Å². The molecule has 1 N–H and O–H groups in total. The summed E-state index contributed by atoms with van der Waals surface area (Å²) in [5.74, 6) is -0.0452. The first-order valence-corrected chi connectivity index (χ1v) is 10.7. The van der Waals surface area contributed by atoms with Gasteiger partial charge in [0.1, 0.15) is 5.82 Å². The lowest BCUT2D eigenvalue weighted by Gasteiger charge is -2.17. The molecule has 2 aromatic heterocycles. The molecule has 0 spiro atoms. The SMILES string of the molecule is CCc1cn(Cc2ccc(F)c(Cl)c2)c(Nc2cc3sc(C)nc3cc2C)nc1=O. The Labute approximate surface area is 182 Å². The zero-order valence-electron chi connectivity index (χ0n) is 16.8. The van der Waals surface area contributed by atoms with Gasteiger partial charge in [0, 0.05) is 17.4 Å². The predicted molar refractivity (Wildman–Crippen MR) is 121 cm³/mol. The second-order valence-electron chi connectivity index (χ2n) is 7.12. The lowest BCUT2D eigenvalue weighted by Crippen LogP contribution is -2.20. The van der Waals surface area contributed by atoms with Gasteiger partial charge in [0.05, 0.1) is 26.8 Å². The van der Waals surface area contributed by atoms with Crippen molar-refractivity contribution in [3.63, 3.8) is 0 Å². The Balaban J connectivity index is 1.76. The van der Waals surface area contributed by atoms with E-state index in [4.69, 9.17) is 11.6 Å². The summed E-state index contributed by atoms with van der Waals surface area (Å²) in [7, 11) is 0. The molecular formula is C22H20ClFN4OS. The third-order valence-electron chi connectivity index (χ3n) is 4.87. The summed E-state index contributed by atoms with van der Waals surface area (Å²) >= 11 is 7.56. The third kappa shape index (κ3) is 4.08. The van der Waals surface area contributed by atoms with Crippen LogP contribution in [0.5, 0.6) is 0 Å². The van der Waals surface area contributed by atoms with E-state index in [0.717, 1.165) is 32.0 Å². The summed E-state index contributed by atoms with van der Waals surface area (Å²) in [6.45, 7) is 6.26. The van der Waals surface area contributed by atoms with Gasteiger partial charge in [-0.1, -0.05) is 24.6 Å². The van der Waals surface area contributed by atoms with Gasteiger partial charge in [-0.05, 0) is 55.7 Å². The number of aryl methyl sites for hydroxylation is 3. The molecule has 0 aliphatic heterocycles. The average molecular weight is 443 g/mol. The second-order valence-corrected chi connectivity index (χ2v) is 8.76. The molecule has 0 amide bonds. The molecule has 8 heteroatoms. The number of benzene rings is 2. The fourth-order valence-electron chi connectivity index (χ4n) is 3.28. The Kier molecular flexibility index (Phi) is 5.58. The van der Waals surface area contributed by atoms with Gasteiger partial charge in [-0.2, -0.15) is 4.98 Å². The summed E-state index contributed by atoms with van der Waals surface area (Å²) in [5, 5.41) is 4.37. The molecule has 0 saturated heterocycles. The molecule has 0 radical (unpaired) electrons. The topological polar surface area (TPSA) is 59.8 Å². The third-order valence-corrected chi connectivity index (χ3v) is 6.09. The number of aromatic nitrogens is 3. The second kappa shape index (κ2) is 8.16. The molecule has 0 aliphatic rings. The molecule has 4 rings (SSSR count). The molecule has 2 heterocycles. The Morgan fingerprint density at radius 2 is 2.00 bits per heavy atom. The quantitative estimate of drug-likeness (QED) is 0.436. The summed E-state index contributed by atoms with van der Waals surface area (Å²) in [4.78, 5) is 21.2. The van der Waals surface area contributed by atoms with Crippen molar-refractivity contribution in [3.8, 4) is 0 Å². The van der Waals surface area contributed by atoms with E-state index in [2.05, 4.69) is 15.3 Å². The summed E-state index contributed by atoms with van der Waals surface area (Å²) < 4.78 is 16.5. The van der Waals surface area contributed by atoms with Crippen LogP contribution >= 0.6 is 22.9 Å². The van der Waals surface area contributed by atoms with Gasteiger partial charge in [-0.3, -0.25) is 4.79 Å². The van der Waals surface area contributed by atoms with E-state index >= 15 is 0 Å². The van der Waals surface area contributed by atoms with Crippen LogP contribution in [0.1, 0.15) is 28.6 Å². The number of fused-ring (bicyclic) bond motifs is 1. The van der Waals surface area contributed by atoms with Crippen LogP contribution in [0, 0.1) is 19.7 Å². The Morgan fingerprint density at radius 1 is 1.20 bits per heavy atom. The minimum absolute atomic E-state index is 0.0635. The van der Waals surface area contributed by atoms with Gasteiger partial charge in [0.15, 0.2) is 0 Å². The molecule has 0 fully saturated rings. The fraction of sp³-hybridized carbons (Fsp3) is 0.227. The molecule has 0 atom stereocenters. The molecule has 0 aliphatic carbocycles. The first-order valence-electron chi connectivity index (χ1n) is 9.53. The minimum Gasteiger partial charge on any atom is -0.325 e. The highest BCUT2D eigenvalue weighted by Crippen LogP contribution is 2.29. The van der Waals surface area contributed by atoms with Crippen molar-refractivity contribution in [2.24, 2.45) is 0 Å². The van der Waals surface area contributed by atoms with E-state index in [9.17, 15) is 9.18 Å².